The molecule has 0 aliphatic heterocycles. The van der Waals surface area contributed by atoms with Crippen LogP contribution in [0.1, 0.15) is 16.8 Å². The quantitative estimate of drug-likeness (QED) is 0.709. The zero-order valence-electron chi connectivity index (χ0n) is 10.0. The van der Waals surface area contributed by atoms with Crippen molar-refractivity contribution in [3.05, 3.63) is 45.1 Å². The molecule has 0 atom stereocenters. The van der Waals surface area contributed by atoms with Gasteiger partial charge in [-0.2, -0.15) is 0 Å². The molecule has 3 aromatic heterocycles. The fraction of sp³-hybridized carbons (Fsp3) is 0.250. The Balaban J connectivity index is 2.13. The summed E-state index contributed by atoms with van der Waals surface area (Å²) in [6.45, 7) is 4.21. The van der Waals surface area contributed by atoms with Gasteiger partial charge >= 0.3 is 0 Å². The lowest BCUT2D eigenvalue weighted by molar-refractivity contribution is 0.409. The Morgan fingerprint density at radius 2 is 2.22 bits per heavy atom. The average Bonchev–Trinajstić information content (AvgIpc) is 2.91. The van der Waals surface area contributed by atoms with Crippen molar-refractivity contribution in [3.8, 4) is 0 Å². The van der Waals surface area contributed by atoms with Crippen molar-refractivity contribution >= 4 is 21.6 Å². The highest BCUT2D eigenvalue weighted by atomic mass is 32.1. The summed E-state index contributed by atoms with van der Waals surface area (Å²) >= 11 is 1.49. The topological polar surface area (TPSA) is 60.9 Å². The van der Waals surface area contributed by atoms with Crippen molar-refractivity contribution < 1.29 is 4.52 Å². The second-order valence-corrected chi connectivity index (χ2v) is 5.08. The molecule has 0 unspecified atom stereocenters. The molecule has 0 bridgehead atoms. The highest BCUT2D eigenvalue weighted by Crippen LogP contribution is 2.19. The summed E-state index contributed by atoms with van der Waals surface area (Å²) < 4.78 is 6.43. The van der Waals surface area contributed by atoms with Crippen molar-refractivity contribution in [2.75, 3.05) is 0 Å². The zero-order valence-corrected chi connectivity index (χ0v) is 10.8. The lowest BCUT2D eigenvalue weighted by Gasteiger charge is -2.03. The molecule has 0 saturated heterocycles. The van der Waals surface area contributed by atoms with E-state index in [1.807, 2.05) is 19.2 Å². The molecule has 3 aromatic rings. The van der Waals surface area contributed by atoms with Gasteiger partial charge in [0, 0.05) is 5.56 Å². The molecule has 0 aliphatic rings. The zero-order chi connectivity index (χ0) is 12.7. The molecule has 0 fully saturated rings. The summed E-state index contributed by atoms with van der Waals surface area (Å²) in [5, 5.41) is 6.53. The lowest BCUT2D eigenvalue weighted by atomic mass is 10.2. The van der Waals surface area contributed by atoms with E-state index in [1.54, 1.807) is 17.2 Å². The minimum Gasteiger partial charge on any atom is -0.364 e. The monoisotopic (exact) mass is 261 g/mol. The number of rotatable bonds is 2. The highest BCUT2D eigenvalue weighted by Gasteiger charge is 2.11. The van der Waals surface area contributed by atoms with Gasteiger partial charge in [-0.15, -0.1) is 11.3 Å². The molecule has 0 aromatic carbocycles. The van der Waals surface area contributed by atoms with Crippen LogP contribution in [0.2, 0.25) is 0 Å². The third-order valence-corrected chi connectivity index (χ3v) is 3.92. The maximum atomic E-state index is 12.3. The van der Waals surface area contributed by atoms with Gasteiger partial charge in [-0.25, -0.2) is 4.98 Å². The minimum absolute atomic E-state index is 0.0267. The predicted octanol–water partition coefficient (Wildman–Crippen LogP) is 2.11. The molecule has 18 heavy (non-hydrogen) atoms. The summed E-state index contributed by atoms with van der Waals surface area (Å²) in [6, 6.07) is 0. The van der Waals surface area contributed by atoms with Gasteiger partial charge in [0.25, 0.3) is 5.56 Å². The van der Waals surface area contributed by atoms with Crippen molar-refractivity contribution in [1.82, 2.24) is 14.7 Å². The SMILES string of the molecule is Cc1conc1Cn1cnc2scc(C)c2c1=O. The third-order valence-electron chi connectivity index (χ3n) is 2.91. The lowest BCUT2D eigenvalue weighted by Crippen LogP contribution is -2.21. The maximum absolute atomic E-state index is 12.3. The molecular formula is C12H11N3O2S. The van der Waals surface area contributed by atoms with Gasteiger partial charge in [0.15, 0.2) is 0 Å². The van der Waals surface area contributed by atoms with Gasteiger partial charge in [0.2, 0.25) is 0 Å². The Hall–Kier alpha value is -1.95. The first-order valence-electron chi connectivity index (χ1n) is 5.50. The smallest absolute Gasteiger partial charge is 0.262 e. The molecule has 0 saturated carbocycles. The number of hydrogen-bond acceptors (Lipinski definition) is 5. The molecule has 3 heterocycles. The van der Waals surface area contributed by atoms with Crippen LogP contribution in [0.25, 0.3) is 10.2 Å². The molecule has 3 rings (SSSR count). The Bertz CT molecular complexity index is 769. The maximum Gasteiger partial charge on any atom is 0.262 e. The van der Waals surface area contributed by atoms with Crippen LogP contribution in [-0.4, -0.2) is 14.7 Å². The molecule has 0 N–H and O–H groups in total. The van der Waals surface area contributed by atoms with Crippen LogP contribution >= 0.6 is 11.3 Å². The Morgan fingerprint density at radius 3 is 2.94 bits per heavy atom. The van der Waals surface area contributed by atoms with E-state index in [2.05, 4.69) is 10.1 Å². The third kappa shape index (κ3) is 1.65. The Labute approximate surface area is 107 Å². The van der Waals surface area contributed by atoms with E-state index in [9.17, 15) is 4.79 Å². The molecule has 0 radical (unpaired) electrons. The summed E-state index contributed by atoms with van der Waals surface area (Å²) in [6.07, 6.45) is 3.14. The van der Waals surface area contributed by atoms with Crippen molar-refractivity contribution in [2.24, 2.45) is 0 Å². The van der Waals surface area contributed by atoms with Gasteiger partial charge in [-0.3, -0.25) is 9.36 Å². The number of nitrogens with zero attached hydrogens (tertiary/aromatic N) is 3. The van der Waals surface area contributed by atoms with Crippen molar-refractivity contribution in [1.29, 1.82) is 0 Å². The average molecular weight is 261 g/mol. The molecule has 0 amide bonds. The molecule has 92 valence electrons. The fourth-order valence-electron chi connectivity index (χ4n) is 1.84. The number of hydrogen-bond donors (Lipinski definition) is 0. The van der Waals surface area contributed by atoms with Gasteiger partial charge < -0.3 is 4.52 Å². The summed E-state index contributed by atoms with van der Waals surface area (Å²) in [4.78, 5) is 17.4. The summed E-state index contributed by atoms with van der Waals surface area (Å²) in [7, 11) is 0. The first kappa shape index (κ1) is 11.2. The van der Waals surface area contributed by atoms with Crippen LogP contribution in [0.15, 0.2) is 27.3 Å². The number of thiophene rings is 1. The minimum atomic E-state index is -0.0267. The molecule has 0 spiro atoms. The van der Waals surface area contributed by atoms with E-state index < -0.39 is 0 Å². The Kier molecular flexibility index (Phi) is 2.52. The van der Waals surface area contributed by atoms with E-state index in [-0.39, 0.29) is 5.56 Å². The summed E-state index contributed by atoms with van der Waals surface area (Å²) in [5.41, 5.74) is 2.63. The van der Waals surface area contributed by atoms with E-state index in [0.29, 0.717) is 11.9 Å². The van der Waals surface area contributed by atoms with Crippen LogP contribution in [-0.2, 0) is 6.54 Å². The predicted molar refractivity (Wildman–Crippen MR) is 69.0 cm³/mol. The van der Waals surface area contributed by atoms with Gasteiger partial charge in [0.05, 0.1) is 18.3 Å². The molecular weight excluding hydrogens is 250 g/mol. The normalized spacial score (nSPS) is 11.2. The summed E-state index contributed by atoms with van der Waals surface area (Å²) in [5.74, 6) is 0. The van der Waals surface area contributed by atoms with Crippen LogP contribution in [0.5, 0.6) is 0 Å². The van der Waals surface area contributed by atoms with E-state index in [0.717, 1.165) is 21.7 Å². The van der Waals surface area contributed by atoms with E-state index in [4.69, 9.17) is 4.52 Å². The molecule has 5 nitrogen and oxygen atoms in total. The Morgan fingerprint density at radius 1 is 1.39 bits per heavy atom. The van der Waals surface area contributed by atoms with Crippen LogP contribution in [0.4, 0.5) is 0 Å². The van der Waals surface area contributed by atoms with Crippen molar-refractivity contribution in [2.45, 2.75) is 20.4 Å². The van der Waals surface area contributed by atoms with E-state index >= 15 is 0 Å². The first-order valence-corrected chi connectivity index (χ1v) is 6.38. The van der Waals surface area contributed by atoms with Gasteiger partial charge in [0.1, 0.15) is 16.8 Å². The van der Waals surface area contributed by atoms with E-state index in [1.165, 1.54) is 11.3 Å². The highest BCUT2D eigenvalue weighted by molar-refractivity contribution is 7.16. The first-order chi connectivity index (χ1) is 8.66. The number of aryl methyl sites for hydroxylation is 2. The number of aromatic nitrogens is 3. The van der Waals surface area contributed by atoms with Crippen molar-refractivity contribution in [3.63, 3.8) is 0 Å². The fourth-order valence-corrected chi connectivity index (χ4v) is 2.72. The molecule has 6 heteroatoms. The standard InChI is InChI=1S/C12H11N3O2S/c1-7-4-17-14-9(7)3-15-6-13-11-10(12(15)16)8(2)5-18-11/h4-6H,3H2,1-2H3. The molecule has 0 aliphatic carbocycles. The van der Waals surface area contributed by atoms with Crippen LogP contribution in [0.3, 0.4) is 0 Å². The largest absolute Gasteiger partial charge is 0.364 e. The van der Waals surface area contributed by atoms with Crippen LogP contribution < -0.4 is 5.56 Å². The number of fused-ring (bicyclic) bond motifs is 1. The van der Waals surface area contributed by atoms with Gasteiger partial charge in [-0.1, -0.05) is 5.16 Å². The second kappa shape index (κ2) is 4.06. The second-order valence-electron chi connectivity index (χ2n) is 4.22. The van der Waals surface area contributed by atoms with Gasteiger partial charge in [-0.05, 0) is 24.8 Å². The van der Waals surface area contributed by atoms with Crippen LogP contribution in [0, 0.1) is 13.8 Å².